The quantitative estimate of drug-likeness (QED) is 0.368. The Labute approximate surface area is 118 Å². The maximum atomic E-state index is 6.31. The molecule has 0 aromatic rings. The lowest BCUT2D eigenvalue weighted by molar-refractivity contribution is -0.186. The summed E-state index contributed by atoms with van der Waals surface area (Å²) in [7, 11) is -2.06. The smallest absolute Gasteiger partial charge is 0.340 e. The third kappa shape index (κ3) is 10.4. The molecule has 0 heterocycles. The van der Waals surface area contributed by atoms with E-state index in [1.54, 1.807) is 0 Å². The van der Waals surface area contributed by atoms with E-state index >= 15 is 0 Å². The van der Waals surface area contributed by atoms with Gasteiger partial charge in [-0.2, -0.15) is 0 Å². The second-order valence-electron chi connectivity index (χ2n) is 5.60. The van der Waals surface area contributed by atoms with Crippen molar-refractivity contribution in [2.75, 3.05) is 0 Å². The first-order valence-corrected chi connectivity index (χ1v) is 10.9. The Morgan fingerprint density at radius 1 is 0.706 bits per heavy atom. The van der Waals surface area contributed by atoms with Gasteiger partial charge in [0, 0.05) is 0 Å². The van der Waals surface area contributed by atoms with Gasteiger partial charge in [-0.05, 0) is 28.2 Å². The van der Waals surface area contributed by atoms with Crippen molar-refractivity contribution in [1.29, 1.82) is 0 Å². The van der Waals surface area contributed by atoms with Crippen molar-refractivity contribution in [2.45, 2.75) is 63.6 Å². The monoisotopic (exact) mass is 314 g/mol. The molecule has 0 aliphatic carbocycles. The van der Waals surface area contributed by atoms with Gasteiger partial charge in [0.2, 0.25) is 0 Å². The van der Waals surface area contributed by atoms with Crippen LogP contribution < -0.4 is 0 Å². The van der Waals surface area contributed by atoms with E-state index in [4.69, 9.17) is 24.9 Å². The first kappa shape index (κ1) is 17.8. The van der Waals surface area contributed by atoms with Crippen molar-refractivity contribution in [3.05, 3.63) is 0 Å². The Morgan fingerprint density at radius 2 is 0.941 bits per heavy atom. The molecule has 0 unspecified atom stereocenters. The third-order valence-electron chi connectivity index (χ3n) is 1.77. The van der Waals surface area contributed by atoms with Gasteiger partial charge in [-0.3, -0.25) is 0 Å². The first-order valence-electron chi connectivity index (χ1n) is 6.36. The van der Waals surface area contributed by atoms with E-state index in [1.807, 2.05) is 0 Å². The molecule has 0 aromatic carbocycles. The number of hydrogen-bond donors (Lipinski definition) is 0. The van der Waals surface area contributed by atoms with Crippen molar-refractivity contribution in [3.8, 4) is 0 Å². The lowest BCUT2D eigenvalue weighted by Crippen LogP contribution is -2.38. The van der Waals surface area contributed by atoms with E-state index in [1.165, 1.54) is 0 Å². The topological polar surface area (TPSA) is 27.7 Å². The van der Waals surface area contributed by atoms with Crippen molar-refractivity contribution in [1.82, 2.24) is 0 Å². The minimum absolute atomic E-state index is 0.557. The van der Waals surface area contributed by atoms with Crippen molar-refractivity contribution < 1.29 is 13.3 Å². The predicted molar refractivity (Wildman–Crippen MR) is 82.8 cm³/mol. The van der Waals surface area contributed by atoms with Crippen LogP contribution in [-0.2, 0) is 13.3 Å². The SMILES string of the molecule is CC(C)[SiH2]OC(Cl)(O[SiH2]C(C)C)O[SiH2]C(C)C. The van der Waals surface area contributed by atoms with Crippen LogP contribution >= 0.6 is 11.6 Å². The largest absolute Gasteiger partial charge is 0.365 e. The summed E-state index contributed by atoms with van der Waals surface area (Å²) in [6.45, 7) is 12.9. The number of halogens is 1. The molecule has 0 atom stereocenters. The normalized spacial score (nSPS) is 18.0. The van der Waals surface area contributed by atoms with Crippen LogP contribution in [0.15, 0.2) is 0 Å². The van der Waals surface area contributed by atoms with Crippen LogP contribution in [0.2, 0.25) is 16.6 Å². The van der Waals surface area contributed by atoms with Gasteiger partial charge >= 0.3 is 5.43 Å². The fourth-order valence-electron chi connectivity index (χ4n) is 0.924. The van der Waals surface area contributed by atoms with Crippen molar-refractivity contribution in [2.24, 2.45) is 0 Å². The van der Waals surface area contributed by atoms with Gasteiger partial charge < -0.3 is 13.3 Å². The van der Waals surface area contributed by atoms with Crippen LogP contribution in [0.4, 0.5) is 0 Å². The summed E-state index contributed by atoms with van der Waals surface area (Å²) in [5, 5.41) is 0. The van der Waals surface area contributed by atoms with Crippen LogP contribution in [-0.4, -0.2) is 34.7 Å². The van der Waals surface area contributed by atoms with Gasteiger partial charge in [0.1, 0.15) is 0 Å². The highest BCUT2D eigenvalue weighted by atomic mass is 35.5. The van der Waals surface area contributed by atoms with E-state index < -0.39 is 34.7 Å². The average molecular weight is 315 g/mol. The zero-order valence-electron chi connectivity index (χ0n) is 12.0. The highest BCUT2D eigenvalue weighted by Gasteiger charge is 2.30. The van der Waals surface area contributed by atoms with Gasteiger partial charge in [-0.1, -0.05) is 41.5 Å². The van der Waals surface area contributed by atoms with E-state index in [0.29, 0.717) is 16.6 Å². The Balaban J connectivity index is 4.23. The van der Waals surface area contributed by atoms with Gasteiger partial charge in [-0.25, -0.2) is 0 Å². The van der Waals surface area contributed by atoms with Gasteiger partial charge in [0.25, 0.3) is 0 Å². The molecule has 0 amide bonds. The highest BCUT2D eigenvalue weighted by molar-refractivity contribution is 6.37. The van der Waals surface area contributed by atoms with E-state index in [-0.39, 0.29) is 0 Å². The molecule has 7 heteroatoms. The standard InChI is InChI=1S/C10H27ClO3Si3/c1-7(2)15-12-10(11,13-16-8(3)4)14-17-9(5)6/h7-9H,15-17H2,1-6H3. The summed E-state index contributed by atoms with van der Waals surface area (Å²) in [6, 6.07) is 0. The fourth-order valence-corrected chi connectivity index (χ4v) is 4.09. The molecular weight excluding hydrogens is 288 g/mol. The van der Waals surface area contributed by atoms with E-state index in [0.717, 1.165) is 0 Å². The Kier molecular flexibility index (Phi) is 9.27. The molecule has 0 saturated heterocycles. The predicted octanol–water partition coefficient (Wildman–Crippen LogP) is 1.62. The van der Waals surface area contributed by atoms with Crippen LogP contribution in [0, 0.1) is 0 Å². The molecule has 0 aliphatic heterocycles. The molecule has 3 nitrogen and oxygen atoms in total. The van der Waals surface area contributed by atoms with Gasteiger partial charge in [-0.15, -0.1) is 0 Å². The number of alkyl halides is 1. The third-order valence-corrected chi connectivity index (χ3v) is 6.28. The lowest BCUT2D eigenvalue weighted by atomic mass is 10.6. The zero-order chi connectivity index (χ0) is 13.5. The molecule has 0 rings (SSSR count). The summed E-state index contributed by atoms with van der Waals surface area (Å²) in [4.78, 5) is 0. The minimum atomic E-state index is -1.25. The molecule has 0 saturated carbocycles. The molecular formula is C10H27ClO3Si3. The maximum absolute atomic E-state index is 6.31. The molecule has 17 heavy (non-hydrogen) atoms. The van der Waals surface area contributed by atoms with Crippen LogP contribution in [0.5, 0.6) is 0 Å². The molecule has 0 fully saturated rings. The molecule has 0 spiro atoms. The fraction of sp³-hybridized carbons (Fsp3) is 1.00. The molecule has 0 aromatic heterocycles. The molecule has 0 aliphatic rings. The van der Waals surface area contributed by atoms with Crippen LogP contribution in [0.3, 0.4) is 0 Å². The summed E-state index contributed by atoms with van der Waals surface area (Å²) in [5.74, 6) is 0. The lowest BCUT2D eigenvalue weighted by Gasteiger charge is -2.30. The second kappa shape index (κ2) is 8.84. The number of hydrogen-bond acceptors (Lipinski definition) is 3. The summed E-state index contributed by atoms with van der Waals surface area (Å²) in [6.07, 6.45) is 0. The van der Waals surface area contributed by atoms with E-state index in [9.17, 15) is 0 Å². The highest BCUT2D eigenvalue weighted by Crippen LogP contribution is 2.23. The summed E-state index contributed by atoms with van der Waals surface area (Å²) < 4.78 is 17.2. The number of rotatable bonds is 9. The summed E-state index contributed by atoms with van der Waals surface area (Å²) in [5.41, 5.74) is 0.425. The first-order chi connectivity index (χ1) is 7.75. The zero-order valence-corrected chi connectivity index (χ0v) is 17.0. The van der Waals surface area contributed by atoms with Gasteiger partial charge in [0.15, 0.2) is 29.3 Å². The van der Waals surface area contributed by atoms with Crippen molar-refractivity contribution >= 4 is 40.9 Å². The van der Waals surface area contributed by atoms with Gasteiger partial charge in [0.05, 0.1) is 0 Å². The Hall–Kier alpha value is 0.821. The van der Waals surface area contributed by atoms with Crippen LogP contribution in [0.25, 0.3) is 0 Å². The molecule has 104 valence electrons. The summed E-state index contributed by atoms with van der Waals surface area (Å²) >= 11 is 6.31. The Bertz CT molecular complexity index is 172. The maximum Gasteiger partial charge on any atom is 0.340 e. The molecule has 0 N–H and O–H groups in total. The second-order valence-corrected chi connectivity index (χ2v) is 12.8. The minimum Gasteiger partial charge on any atom is -0.365 e. The average Bonchev–Trinajstić information content (AvgIpc) is 2.21. The van der Waals surface area contributed by atoms with Crippen molar-refractivity contribution in [3.63, 3.8) is 0 Å². The Morgan fingerprint density at radius 3 is 1.12 bits per heavy atom. The molecule has 0 radical (unpaired) electrons. The van der Waals surface area contributed by atoms with Crippen LogP contribution in [0.1, 0.15) is 41.5 Å². The molecule has 0 bridgehead atoms. The van der Waals surface area contributed by atoms with E-state index in [2.05, 4.69) is 41.5 Å².